The smallest absolute Gasteiger partial charge is 0.310 e. The molecule has 114 valence electrons. The summed E-state index contributed by atoms with van der Waals surface area (Å²) in [6.45, 7) is 11.5. The van der Waals surface area contributed by atoms with Crippen LogP contribution < -0.4 is 5.73 Å². The summed E-state index contributed by atoms with van der Waals surface area (Å²) in [5.41, 5.74) is 5.64. The highest BCUT2D eigenvalue weighted by atomic mass is 16.5. The Balaban J connectivity index is 4.41. The molecule has 2 N–H and O–H groups in total. The van der Waals surface area contributed by atoms with Gasteiger partial charge in [-0.3, -0.25) is 4.79 Å². The molecule has 19 heavy (non-hydrogen) atoms. The molecule has 0 aliphatic rings. The molecule has 0 saturated heterocycles. The van der Waals surface area contributed by atoms with Gasteiger partial charge in [-0.2, -0.15) is 0 Å². The molecule has 0 spiro atoms. The Morgan fingerprint density at radius 2 is 1.74 bits per heavy atom. The number of ether oxygens (including phenoxy) is 1. The van der Waals surface area contributed by atoms with Crippen molar-refractivity contribution in [3.05, 3.63) is 0 Å². The molecule has 0 aromatic carbocycles. The molecule has 0 amide bonds. The van der Waals surface area contributed by atoms with Gasteiger partial charge in [-0.05, 0) is 46.2 Å². The molecule has 0 aromatic heterocycles. The highest BCUT2D eigenvalue weighted by Crippen LogP contribution is 2.30. The summed E-state index contributed by atoms with van der Waals surface area (Å²) in [6, 6.07) is 0. The van der Waals surface area contributed by atoms with Gasteiger partial charge in [-0.1, -0.05) is 20.8 Å². The van der Waals surface area contributed by atoms with E-state index in [1.165, 1.54) is 0 Å². The van der Waals surface area contributed by atoms with Crippen LogP contribution in [0.4, 0.5) is 0 Å². The average molecular weight is 272 g/mol. The zero-order valence-corrected chi connectivity index (χ0v) is 13.7. The molecule has 1 atom stereocenters. The first kappa shape index (κ1) is 18.4. The fourth-order valence-electron chi connectivity index (χ4n) is 1.92. The van der Waals surface area contributed by atoms with Gasteiger partial charge >= 0.3 is 5.97 Å². The van der Waals surface area contributed by atoms with Crippen molar-refractivity contribution >= 4 is 5.97 Å². The highest BCUT2D eigenvalue weighted by Gasteiger charge is 2.36. The van der Waals surface area contributed by atoms with Gasteiger partial charge in [0.2, 0.25) is 0 Å². The standard InChI is InChI=1S/C15H32N2O2/c1-14(2,3)11-12(15(4,5)16)13(18)19-10-8-9-17(6)7/h12H,8-11,16H2,1-7H3. The van der Waals surface area contributed by atoms with Crippen molar-refractivity contribution in [3.63, 3.8) is 0 Å². The molecule has 0 saturated carbocycles. The van der Waals surface area contributed by atoms with Crippen molar-refractivity contribution in [1.82, 2.24) is 4.90 Å². The van der Waals surface area contributed by atoms with E-state index in [2.05, 4.69) is 25.7 Å². The lowest BCUT2D eigenvalue weighted by atomic mass is 9.76. The maximum absolute atomic E-state index is 12.2. The predicted octanol–water partition coefficient (Wildman–Crippen LogP) is 2.27. The van der Waals surface area contributed by atoms with E-state index in [-0.39, 0.29) is 17.3 Å². The molecule has 4 nitrogen and oxygen atoms in total. The van der Waals surface area contributed by atoms with Crippen LogP contribution in [0.1, 0.15) is 47.5 Å². The average Bonchev–Trinajstić information content (AvgIpc) is 2.17. The first-order chi connectivity index (χ1) is 8.43. The number of hydrogen-bond donors (Lipinski definition) is 1. The largest absolute Gasteiger partial charge is 0.465 e. The number of hydrogen-bond acceptors (Lipinski definition) is 4. The third-order valence-corrected chi connectivity index (χ3v) is 2.99. The van der Waals surface area contributed by atoms with Crippen molar-refractivity contribution in [2.45, 2.75) is 53.0 Å². The van der Waals surface area contributed by atoms with E-state index in [0.717, 1.165) is 19.4 Å². The Morgan fingerprint density at radius 1 is 1.21 bits per heavy atom. The van der Waals surface area contributed by atoms with Crippen LogP contribution in [-0.2, 0) is 9.53 Å². The van der Waals surface area contributed by atoms with E-state index in [1.54, 1.807) is 0 Å². The minimum atomic E-state index is -0.550. The van der Waals surface area contributed by atoms with Gasteiger partial charge < -0.3 is 15.4 Å². The quantitative estimate of drug-likeness (QED) is 0.570. The molecule has 0 aliphatic heterocycles. The summed E-state index contributed by atoms with van der Waals surface area (Å²) in [4.78, 5) is 14.3. The Kier molecular flexibility index (Phi) is 7.01. The molecule has 0 radical (unpaired) electrons. The van der Waals surface area contributed by atoms with Crippen molar-refractivity contribution < 1.29 is 9.53 Å². The number of nitrogens with zero attached hydrogens (tertiary/aromatic N) is 1. The maximum atomic E-state index is 12.2. The Hall–Kier alpha value is -0.610. The van der Waals surface area contributed by atoms with Crippen molar-refractivity contribution in [2.24, 2.45) is 17.1 Å². The zero-order valence-electron chi connectivity index (χ0n) is 13.7. The number of rotatable bonds is 7. The monoisotopic (exact) mass is 272 g/mol. The number of nitrogens with two attached hydrogens (primary N) is 1. The van der Waals surface area contributed by atoms with Gasteiger partial charge in [0.05, 0.1) is 12.5 Å². The Bertz CT molecular complexity index is 275. The lowest BCUT2D eigenvalue weighted by molar-refractivity contribution is -0.152. The topological polar surface area (TPSA) is 55.6 Å². The summed E-state index contributed by atoms with van der Waals surface area (Å²) >= 11 is 0. The third kappa shape index (κ3) is 9.00. The van der Waals surface area contributed by atoms with Crippen LogP contribution in [0.25, 0.3) is 0 Å². The summed E-state index contributed by atoms with van der Waals surface area (Å²) in [6.07, 6.45) is 1.59. The second-order valence-corrected chi connectivity index (χ2v) is 7.46. The fourth-order valence-corrected chi connectivity index (χ4v) is 1.92. The molecular formula is C15H32N2O2. The van der Waals surface area contributed by atoms with Crippen LogP contribution >= 0.6 is 0 Å². The first-order valence-electron chi connectivity index (χ1n) is 7.04. The second kappa shape index (κ2) is 7.25. The normalized spacial score (nSPS) is 14.6. The van der Waals surface area contributed by atoms with Gasteiger partial charge in [0.25, 0.3) is 0 Å². The van der Waals surface area contributed by atoms with Gasteiger partial charge in [0.1, 0.15) is 0 Å². The van der Waals surface area contributed by atoms with E-state index in [9.17, 15) is 4.79 Å². The Morgan fingerprint density at radius 3 is 2.11 bits per heavy atom. The van der Waals surface area contributed by atoms with Crippen molar-refractivity contribution in [3.8, 4) is 0 Å². The van der Waals surface area contributed by atoms with Crippen molar-refractivity contribution in [1.29, 1.82) is 0 Å². The fraction of sp³-hybridized carbons (Fsp3) is 0.933. The maximum Gasteiger partial charge on any atom is 0.310 e. The predicted molar refractivity (Wildman–Crippen MR) is 80.0 cm³/mol. The summed E-state index contributed by atoms with van der Waals surface area (Å²) in [7, 11) is 4.01. The van der Waals surface area contributed by atoms with Crippen LogP contribution in [-0.4, -0.2) is 43.7 Å². The molecule has 0 bridgehead atoms. The van der Waals surface area contributed by atoms with Crippen LogP contribution in [0.5, 0.6) is 0 Å². The summed E-state index contributed by atoms with van der Waals surface area (Å²) in [5.74, 6) is -0.423. The minimum Gasteiger partial charge on any atom is -0.465 e. The molecule has 1 unspecified atom stereocenters. The molecule has 0 rings (SSSR count). The lowest BCUT2D eigenvalue weighted by Crippen LogP contribution is -2.47. The Labute approximate surface area is 118 Å². The van der Waals surface area contributed by atoms with Gasteiger partial charge in [0.15, 0.2) is 0 Å². The van der Waals surface area contributed by atoms with Crippen LogP contribution in [0.3, 0.4) is 0 Å². The number of carbonyl (C=O) groups is 1. The first-order valence-corrected chi connectivity index (χ1v) is 7.04. The molecule has 0 aromatic rings. The third-order valence-electron chi connectivity index (χ3n) is 2.99. The molecular weight excluding hydrogens is 240 g/mol. The van der Waals surface area contributed by atoms with E-state index in [0.29, 0.717) is 6.61 Å². The van der Waals surface area contributed by atoms with E-state index < -0.39 is 5.54 Å². The SMILES string of the molecule is CN(C)CCCOC(=O)C(CC(C)(C)C)C(C)(C)N. The van der Waals surface area contributed by atoms with Crippen LogP contribution in [0, 0.1) is 11.3 Å². The number of carbonyl (C=O) groups excluding carboxylic acids is 1. The zero-order chi connectivity index (χ0) is 15.3. The van der Waals surface area contributed by atoms with Crippen molar-refractivity contribution in [2.75, 3.05) is 27.2 Å². The second-order valence-electron chi connectivity index (χ2n) is 7.46. The number of esters is 1. The van der Waals surface area contributed by atoms with Gasteiger partial charge in [0, 0.05) is 12.1 Å². The summed E-state index contributed by atoms with van der Waals surface area (Å²) < 4.78 is 5.38. The molecule has 4 heteroatoms. The van der Waals surface area contributed by atoms with E-state index in [4.69, 9.17) is 10.5 Å². The molecule has 0 heterocycles. The van der Waals surface area contributed by atoms with E-state index >= 15 is 0 Å². The molecule has 0 aliphatic carbocycles. The lowest BCUT2D eigenvalue weighted by Gasteiger charge is -2.33. The van der Waals surface area contributed by atoms with E-state index in [1.807, 2.05) is 27.9 Å². The molecule has 0 fully saturated rings. The van der Waals surface area contributed by atoms with Gasteiger partial charge in [-0.25, -0.2) is 0 Å². The highest BCUT2D eigenvalue weighted by molar-refractivity contribution is 5.74. The summed E-state index contributed by atoms with van der Waals surface area (Å²) in [5, 5.41) is 0. The van der Waals surface area contributed by atoms with Crippen LogP contribution in [0.15, 0.2) is 0 Å². The van der Waals surface area contributed by atoms with Gasteiger partial charge in [-0.15, -0.1) is 0 Å². The van der Waals surface area contributed by atoms with Crippen LogP contribution in [0.2, 0.25) is 0 Å². The minimum absolute atomic E-state index is 0.0595.